The van der Waals surface area contributed by atoms with Crippen LogP contribution in [0.15, 0.2) is 47.4 Å². The fourth-order valence-electron chi connectivity index (χ4n) is 3.34. The lowest BCUT2D eigenvalue weighted by atomic mass is 10.1. The van der Waals surface area contributed by atoms with Gasteiger partial charge >= 0.3 is 0 Å². The highest BCUT2D eigenvalue weighted by Crippen LogP contribution is 2.30. The highest BCUT2D eigenvalue weighted by atomic mass is 35.5. The molecule has 0 aromatic heterocycles. The van der Waals surface area contributed by atoms with Crippen molar-refractivity contribution in [3.8, 4) is 0 Å². The second-order valence-corrected chi connectivity index (χ2v) is 9.80. The van der Waals surface area contributed by atoms with E-state index in [0.717, 1.165) is 0 Å². The van der Waals surface area contributed by atoms with Crippen molar-refractivity contribution in [2.45, 2.75) is 31.3 Å². The van der Waals surface area contributed by atoms with Crippen molar-refractivity contribution >= 4 is 50.9 Å². The summed E-state index contributed by atoms with van der Waals surface area (Å²) in [7, 11) is -4.17. The molecule has 32 heavy (non-hydrogen) atoms. The Morgan fingerprint density at radius 1 is 1.12 bits per heavy atom. The summed E-state index contributed by atoms with van der Waals surface area (Å²) in [6, 6.07) is 9.59. The minimum absolute atomic E-state index is 0.00751. The van der Waals surface area contributed by atoms with Crippen LogP contribution in [0, 0.1) is 0 Å². The number of benzene rings is 2. The maximum absolute atomic E-state index is 13.2. The van der Waals surface area contributed by atoms with Crippen LogP contribution < -0.4 is 5.32 Å². The third kappa shape index (κ3) is 4.60. The minimum atomic E-state index is -4.17. The molecule has 0 aliphatic carbocycles. The maximum atomic E-state index is 13.2. The van der Waals surface area contributed by atoms with Crippen LogP contribution in [0.2, 0.25) is 10.0 Å². The van der Waals surface area contributed by atoms with Crippen LogP contribution in [0.25, 0.3) is 0 Å². The van der Waals surface area contributed by atoms with E-state index in [0.29, 0.717) is 21.4 Å². The molecule has 0 radical (unpaired) electrons. The molecule has 0 bridgehead atoms. The van der Waals surface area contributed by atoms with Crippen LogP contribution >= 0.6 is 23.2 Å². The zero-order valence-corrected chi connectivity index (χ0v) is 19.7. The van der Waals surface area contributed by atoms with E-state index in [1.54, 1.807) is 31.2 Å². The molecule has 8 nitrogen and oxygen atoms in total. The Hall–Kier alpha value is -2.62. The van der Waals surface area contributed by atoms with Gasteiger partial charge in [-0.25, -0.2) is 12.7 Å². The third-order valence-electron chi connectivity index (χ3n) is 5.05. The van der Waals surface area contributed by atoms with Gasteiger partial charge in [0.05, 0.1) is 15.6 Å². The topological polar surface area (TPSA) is 104 Å². The summed E-state index contributed by atoms with van der Waals surface area (Å²) in [6.45, 7) is 2.84. The average molecular weight is 498 g/mol. The molecule has 0 spiro atoms. The molecule has 1 aliphatic rings. The summed E-state index contributed by atoms with van der Waals surface area (Å²) < 4.78 is 26.2. The monoisotopic (exact) mass is 497 g/mol. The predicted molar refractivity (Wildman–Crippen MR) is 120 cm³/mol. The van der Waals surface area contributed by atoms with Crippen LogP contribution in [0.1, 0.15) is 29.8 Å². The first-order chi connectivity index (χ1) is 15.1. The summed E-state index contributed by atoms with van der Waals surface area (Å²) in [5.41, 5.74) is 0.593. The van der Waals surface area contributed by atoms with Crippen molar-refractivity contribution in [3.63, 3.8) is 0 Å². The molecule has 1 aliphatic heterocycles. The fraction of sp³-hybridized carbons (Fsp3) is 0.286. The number of amides is 3. The lowest BCUT2D eigenvalue weighted by Gasteiger charge is -2.30. The van der Waals surface area contributed by atoms with Gasteiger partial charge in [0.1, 0.15) is 17.5 Å². The van der Waals surface area contributed by atoms with Gasteiger partial charge in [0.25, 0.3) is 15.9 Å². The van der Waals surface area contributed by atoms with Crippen LogP contribution in [-0.4, -0.2) is 54.5 Å². The molecule has 3 rings (SSSR count). The first-order valence-electron chi connectivity index (χ1n) is 9.75. The highest BCUT2D eigenvalue weighted by Gasteiger charge is 2.43. The number of sulfonamides is 1. The van der Waals surface area contributed by atoms with Crippen molar-refractivity contribution < 1.29 is 22.8 Å². The Morgan fingerprint density at radius 3 is 2.44 bits per heavy atom. The summed E-state index contributed by atoms with van der Waals surface area (Å²) in [4.78, 5) is 39.4. The number of carbonyl (C=O) groups is 3. The molecule has 1 N–H and O–H groups in total. The van der Waals surface area contributed by atoms with E-state index < -0.39 is 40.3 Å². The molecule has 0 fully saturated rings. The Balaban J connectivity index is 1.90. The van der Waals surface area contributed by atoms with Gasteiger partial charge in [0, 0.05) is 13.1 Å². The van der Waals surface area contributed by atoms with Gasteiger partial charge in [-0.3, -0.25) is 14.4 Å². The molecule has 3 amide bonds. The lowest BCUT2D eigenvalue weighted by molar-refractivity contribution is -0.140. The van der Waals surface area contributed by atoms with Gasteiger partial charge in [-0.15, -0.1) is 0 Å². The highest BCUT2D eigenvalue weighted by molar-refractivity contribution is 7.90. The number of halogens is 2. The van der Waals surface area contributed by atoms with E-state index >= 15 is 0 Å². The standard InChI is InChI=1S/C21H21Cl2N3O5S/c1-3-24-20(28)13(2)25(11-14-8-9-16(22)17(23)10-14)19(27)12-26-21(29)15-6-4-5-7-18(15)32(26,30)31/h4-10,13H,3,11-12H2,1-2H3,(H,24,28)/t13-/m1/s1. The number of hydrogen-bond acceptors (Lipinski definition) is 5. The van der Waals surface area contributed by atoms with Gasteiger partial charge < -0.3 is 10.2 Å². The molecule has 0 unspecified atom stereocenters. The first-order valence-corrected chi connectivity index (χ1v) is 11.9. The second-order valence-electron chi connectivity index (χ2n) is 7.15. The third-order valence-corrected chi connectivity index (χ3v) is 7.57. The molecule has 0 saturated carbocycles. The van der Waals surface area contributed by atoms with Crippen molar-refractivity contribution in [1.82, 2.24) is 14.5 Å². The zero-order chi connectivity index (χ0) is 23.6. The van der Waals surface area contributed by atoms with Crippen molar-refractivity contribution in [2.24, 2.45) is 0 Å². The number of hydrogen-bond donors (Lipinski definition) is 1. The van der Waals surface area contributed by atoms with Gasteiger partial charge in [0.2, 0.25) is 11.8 Å². The largest absolute Gasteiger partial charge is 0.355 e. The predicted octanol–water partition coefficient (Wildman–Crippen LogP) is 2.69. The number of nitrogens with zero attached hydrogens (tertiary/aromatic N) is 2. The molecular weight excluding hydrogens is 477 g/mol. The summed E-state index contributed by atoms with van der Waals surface area (Å²) in [6.07, 6.45) is 0. The molecule has 1 atom stereocenters. The number of likely N-dealkylation sites (N-methyl/N-ethyl adjacent to an activating group) is 1. The fourth-order valence-corrected chi connectivity index (χ4v) is 5.18. The molecule has 0 saturated heterocycles. The van der Waals surface area contributed by atoms with Gasteiger partial charge in [0.15, 0.2) is 0 Å². The van der Waals surface area contributed by atoms with Crippen LogP contribution in [-0.2, 0) is 26.2 Å². The average Bonchev–Trinajstić information content (AvgIpc) is 2.95. The minimum Gasteiger partial charge on any atom is -0.355 e. The van der Waals surface area contributed by atoms with E-state index in [2.05, 4.69) is 5.32 Å². The van der Waals surface area contributed by atoms with Crippen molar-refractivity contribution in [2.75, 3.05) is 13.1 Å². The SMILES string of the molecule is CCNC(=O)[C@@H](C)N(Cc1ccc(Cl)c(Cl)c1)C(=O)CN1C(=O)c2ccccc2S1(=O)=O. The number of nitrogens with one attached hydrogen (secondary N) is 1. The van der Waals surface area contributed by atoms with Gasteiger partial charge in [-0.05, 0) is 43.7 Å². The van der Waals surface area contributed by atoms with Crippen molar-refractivity contribution in [3.05, 3.63) is 63.6 Å². The summed E-state index contributed by atoms with van der Waals surface area (Å²) in [5.74, 6) is -1.91. The van der Waals surface area contributed by atoms with E-state index in [1.165, 1.54) is 30.0 Å². The smallest absolute Gasteiger partial charge is 0.269 e. The van der Waals surface area contributed by atoms with Gasteiger partial charge in [-0.2, -0.15) is 0 Å². The molecule has 2 aromatic rings. The van der Waals surface area contributed by atoms with Crippen LogP contribution in [0.3, 0.4) is 0 Å². The Bertz CT molecular complexity index is 1190. The van der Waals surface area contributed by atoms with E-state index in [9.17, 15) is 22.8 Å². The Kier molecular flexibility index (Phi) is 7.12. The van der Waals surface area contributed by atoms with E-state index in [1.807, 2.05) is 0 Å². The van der Waals surface area contributed by atoms with E-state index in [-0.39, 0.29) is 22.0 Å². The van der Waals surface area contributed by atoms with E-state index in [4.69, 9.17) is 23.2 Å². The Labute approximate surface area is 196 Å². The molecule has 11 heteroatoms. The number of rotatable bonds is 7. The first kappa shape index (κ1) is 24.0. The lowest BCUT2D eigenvalue weighted by Crippen LogP contribution is -2.51. The van der Waals surface area contributed by atoms with Crippen LogP contribution in [0.5, 0.6) is 0 Å². The Morgan fingerprint density at radius 2 is 1.81 bits per heavy atom. The van der Waals surface area contributed by atoms with Gasteiger partial charge in [-0.1, -0.05) is 41.4 Å². The zero-order valence-electron chi connectivity index (χ0n) is 17.3. The molecule has 1 heterocycles. The van der Waals surface area contributed by atoms with Crippen molar-refractivity contribution in [1.29, 1.82) is 0 Å². The maximum Gasteiger partial charge on any atom is 0.269 e. The second kappa shape index (κ2) is 9.48. The normalized spacial score (nSPS) is 15.2. The van der Waals surface area contributed by atoms with Crippen LogP contribution in [0.4, 0.5) is 0 Å². The summed E-state index contributed by atoms with van der Waals surface area (Å²) >= 11 is 12.0. The molecular formula is C21H21Cl2N3O5S. The molecule has 170 valence electrons. The number of carbonyl (C=O) groups excluding carboxylic acids is 3. The molecule has 2 aromatic carbocycles. The summed E-state index contributed by atoms with van der Waals surface area (Å²) in [5, 5.41) is 3.24. The quantitative estimate of drug-likeness (QED) is 0.633. The number of fused-ring (bicyclic) bond motifs is 1.